The quantitative estimate of drug-likeness (QED) is 0.600. The summed E-state index contributed by atoms with van der Waals surface area (Å²) in [4.78, 5) is 16.6. The Kier molecular flexibility index (Phi) is 3.93. The largest absolute Gasteiger partial charge is 0.383 e. The predicted molar refractivity (Wildman–Crippen MR) is 69.5 cm³/mol. The van der Waals surface area contributed by atoms with E-state index in [0.29, 0.717) is 12.4 Å². The Morgan fingerprint density at radius 1 is 1.44 bits per heavy atom. The number of pyridine rings is 1. The van der Waals surface area contributed by atoms with Gasteiger partial charge < -0.3 is 16.0 Å². The molecule has 1 aromatic rings. The molecular formula is C11H17N5O2. The van der Waals surface area contributed by atoms with Gasteiger partial charge in [-0.2, -0.15) is 0 Å². The molecular weight excluding hydrogens is 234 g/mol. The van der Waals surface area contributed by atoms with Crippen LogP contribution in [-0.2, 0) is 0 Å². The van der Waals surface area contributed by atoms with Crippen molar-refractivity contribution in [1.82, 2.24) is 9.88 Å². The fourth-order valence-electron chi connectivity index (χ4n) is 2.08. The second kappa shape index (κ2) is 5.63. The zero-order valence-electron chi connectivity index (χ0n) is 10.1. The first-order chi connectivity index (χ1) is 8.65. The number of anilines is 2. The first-order valence-corrected chi connectivity index (χ1v) is 6.03. The number of nitrogens with one attached hydrogen (secondary N) is 1. The number of nitrogens with two attached hydrogens (primary N) is 1. The number of aromatic nitrogens is 1. The lowest BCUT2D eigenvalue weighted by Crippen LogP contribution is -2.26. The van der Waals surface area contributed by atoms with Gasteiger partial charge in [0, 0.05) is 13.1 Å². The van der Waals surface area contributed by atoms with Crippen molar-refractivity contribution in [1.29, 1.82) is 0 Å². The van der Waals surface area contributed by atoms with Crippen molar-refractivity contribution < 1.29 is 4.92 Å². The van der Waals surface area contributed by atoms with Gasteiger partial charge in [0.25, 0.3) is 5.69 Å². The van der Waals surface area contributed by atoms with Crippen molar-refractivity contribution in [2.24, 2.45) is 0 Å². The van der Waals surface area contributed by atoms with Gasteiger partial charge in [0.05, 0.1) is 17.1 Å². The highest BCUT2D eigenvalue weighted by Crippen LogP contribution is 2.18. The van der Waals surface area contributed by atoms with Crippen molar-refractivity contribution in [2.75, 3.05) is 37.2 Å². The van der Waals surface area contributed by atoms with Crippen molar-refractivity contribution in [3.05, 3.63) is 22.2 Å². The average molecular weight is 251 g/mol. The van der Waals surface area contributed by atoms with E-state index in [-0.39, 0.29) is 11.5 Å². The normalized spacial score (nSPS) is 15.8. The van der Waals surface area contributed by atoms with Gasteiger partial charge in [0.2, 0.25) is 0 Å². The van der Waals surface area contributed by atoms with Gasteiger partial charge >= 0.3 is 0 Å². The number of nitrogens with zero attached hydrogens (tertiary/aromatic N) is 3. The third-order valence-electron chi connectivity index (χ3n) is 2.97. The van der Waals surface area contributed by atoms with Crippen LogP contribution in [0.4, 0.5) is 17.3 Å². The van der Waals surface area contributed by atoms with Crippen LogP contribution in [0.25, 0.3) is 0 Å². The maximum atomic E-state index is 10.7. The lowest BCUT2D eigenvalue weighted by atomic mass is 10.3. The lowest BCUT2D eigenvalue weighted by Gasteiger charge is -2.14. The highest BCUT2D eigenvalue weighted by atomic mass is 16.6. The highest BCUT2D eigenvalue weighted by Gasteiger charge is 2.12. The molecule has 0 amide bonds. The Hall–Kier alpha value is -1.89. The predicted octanol–water partition coefficient (Wildman–Crippen LogP) is 1.08. The molecule has 0 bridgehead atoms. The molecule has 1 fully saturated rings. The molecule has 0 atom stereocenters. The summed E-state index contributed by atoms with van der Waals surface area (Å²) in [6.07, 6.45) is 2.50. The minimum Gasteiger partial charge on any atom is -0.383 e. The van der Waals surface area contributed by atoms with Crippen molar-refractivity contribution in [3.63, 3.8) is 0 Å². The van der Waals surface area contributed by atoms with Crippen LogP contribution in [0.5, 0.6) is 0 Å². The molecule has 0 aromatic carbocycles. The molecule has 2 heterocycles. The summed E-state index contributed by atoms with van der Waals surface area (Å²) >= 11 is 0. The summed E-state index contributed by atoms with van der Waals surface area (Å²) in [6, 6.07) is 2.66. The van der Waals surface area contributed by atoms with Gasteiger partial charge in [0.15, 0.2) is 0 Å². The van der Waals surface area contributed by atoms with Crippen LogP contribution in [-0.4, -0.2) is 41.0 Å². The van der Waals surface area contributed by atoms with Gasteiger partial charge in [-0.25, -0.2) is 4.98 Å². The molecule has 98 valence electrons. The summed E-state index contributed by atoms with van der Waals surface area (Å²) < 4.78 is 0. The zero-order chi connectivity index (χ0) is 13.0. The topological polar surface area (TPSA) is 97.3 Å². The average Bonchev–Trinajstić information content (AvgIpc) is 2.81. The molecule has 0 aliphatic carbocycles. The Morgan fingerprint density at radius 2 is 2.17 bits per heavy atom. The second-order valence-electron chi connectivity index (χ2n) is 4.37. The summed E-state index contributed by atoms with van der Waals surface area (Å²) in [5, 5.41) is 13.7. The van der Waals surface area contributed by atoms with Gasteiger partial charge in [-0.3, -0.25) is 10.1 Å². The molecule has 7 nitrogen and oxygen atoms in total. The SMILES string of the molecule is Nc1cc([N+](=O)[O-])cc(NCCN2CCCC2)n1. The van der Waals surface area contributed by atoms with Gasteiger partial charge in [-0.15, -0.1) is 0 Å². The molecule has 18 heavy (non-hydrogen) atoms. The molecule has 7 heteroatoms. The zero-order valence-corrected chi connectivity index (χ0v) is 10.1. The van der Waals surface area contributed by atoms with Crippen LogP contribution in [0.3, 0.4) is 0 Å². The fraction of sp³-hybridized carbons (Fsp3) is 0.545. The molecule has 0 saturated carbocycles. The fourth-order valence-corrected chi connectivity index (χ4v) is 2.08. The summed E-state index contributed by atoms with van der Waals surface area (Å²) in [6.45, 7) is 3.90. The van der Waals surface area contributed by atoms with Crippen LogP contribution < -0.4 is 11.1 Å². The summed E-state index contributed by atoms with van der Waals surface area (Å²) in [5.41, 5.74) is 5.49. The minimum atomic E-state index is -0.469. The van der Waals surface area contributed by atoms with Crippen LogP contribution in [0.1, 0.15) is 12.8 Å². The number of rotatable bonds is 5. The van der Waals surface area contributed by atoms with Gasteiger partial charge in [-0.1, -0.05) is 0 Å². The Balaban J connectivity index is 1.89. The van der Waals surface area contributed by atoms with E-state index in [1.807, 2.05) is 0 Å². The number of nitro groups is 1. The molecule has 1 saturated heterocycles. The first-order valence-electron chi connectivity index (χ1n) is 6.03. The van der Waals surface area contributed by atoms with Crippen LogP contribution >= 0.6 is 0 Å². The van der Waals surface area contributed by atoms with Crippen molar-refractivity contribution >= 4 is 17.3 Å². The van der Waals surface area contributed by atoms with Crippen LogP contribution in [0, 0.1) is 10.1 Å². The smallest absolute Gasteiger partial charge is 0.276 e. The summed E-state index contributed by atoms with van der Waals surface area (Å²) in [5.74, 6) is 0.619. The van der Waals surface area contributed by atoms with Crippen LogP contribution in [0.15, 0.2) is 12.1 Å². The third-order valence-corrected chi connectivity index (χ3v) is 2.97. The monoisotopic (exact) mass is 251 g/mol. The van der Waals surface area contributed by atoms with E-state index < -0.39 is 4.92 Å². The first kappa shape index (κ1) is 12.6. The number of nitrogen functional groups attached to an aromatic ring is 1. The van der Waals surface area contributed by atoms with E-state index in [9.17, 15) is 10.1 Å². The Labute approximate surface area is 105 Å². The number of hydrogen-bond acceptors (Lipinski definition) is 6. The highest BCUT2D eigenvalue weighted by molar-refractivity contribution is 5.52. The van der Waals surface area contributed by atoms with E-state index >= 15 is 0 Å². The maximum Gasteiger partial charge on any atom is 0.276 e. The molecule has 0 radical (unpaired) electrons. The minimum absolute atomic E-state index is 0.0360. The lowest BCUT2D eigenvalue weighted by molar-refractivity contribution is -0.384. The molecule has 1 aliphatic rings. The molecule has 1 aliphatic heterocycles. The van der Waals surface area contributed by atoms with Crippen molar-refractivity contribution in [3.8, 4) is 0 Å². The summed E-state index contributed by atoms with van der Waals surface area (Å²) in [7, 11) is 0. The van der Waals surface area contributed by atoms with E-state index in [4.69, 9.17) is 5.73 Å². The second-order valence-corrected chi connectivity index (χ2v) is 4.37. The van der Waals surface area contributed by atoms with Gasteiger partial charge in [-0.05, 0) is 25.9 Å². The Bertz CT molecular complexity index is 431. The van der Waals surface area contributed by atoms with E-state index in [2.05, 4.69) is 15.2 Å². The van der Waals surface area contributed by atoms with E-state index in [1.54, 1.807) is 0 Å². The van der Waals surface area contributed by atoms with Crippen LogP contribution in [0.2, 0.25) is 0 Å². The Morgan fingerprint density at radius 3 is 2.83 bits per heavy atom. The van der Waals surface area contributed by atoms with E-state index in [1.165, 1.54) is 25.0 Å². The molecule has 0 unspecified atom stereocenters. The molecule has 2 rings (SSSR count). The molecule has 1 aromatic heterocycles. The maximum absolute atomic E-state index is 10.7. The number of likely N-dealkylation sites (tertiary alicyclic amines) is 1. The molecule has 3 N–H and O–H groups in total. The number of hydrogen-bond donors (Lipinski definition) is 2. The van der Waals surface area contributed by atoms with E-state index in [0.717, 1.165) is 19.6 Å². The third kappa shape index (κ3) is 3.30. The molecule has 0 spiro atoms. The standard InChI is InChI=1S/C11H17N5O2/c12-10-7-9(16(17)18)8-11(14-10)13-3-6-15-4-1-2-5-15/h7-8H,1-6H2,(H3,12,13,14). The van der Waals surface area contributed by atoms with Crippen molar-refractivity contribution in [2.45, 2.75) is 12.8 Å². The van der Waals surface area contributed by atoms with Gasteiger partial charge in [0.1, 0.15) is 11.6 Å².